The molecular weight excluding hydrogens is 801 g/mol. The third kappa shape index (κ3) is 5.25. The van der Waals surface area contributed by atoms with Gasteiger partial charge >= 0.3 is 0 Å². The van der Waals surface area contributed by atoms with Crippen molar-refractivity contribution in [3.8, 4) is 50.5 Å². The maximum Gasteiger partial charge on any atom is 0.136 e. The second-order valence-electron chi connectivity index (χ2n) is 16.6. The standard InChI is InChI=1S/C59H34N2O2S/c1-3-13-35(14-4-1)47-32-38(36-25-27-42-41-17-7-9-22-50(41)63-53(42)34-36)33-48(60-47)43-20-12-23-52-56(43)46-31-37(26-29-51(46)62-52)40-19-11-21-45-57-49(61(59(40)45)39-15-5-2-6-16-39)28-30-55-58(57)44-18-8-10-24-54(44)64-55/h1-34H. The van der Waals surface area contributed by atoms with Crippen molar-refractivity contribution >= 4 is 97.2 Å². The molecule has 0 aliphatic heterocycles. The summed E-state index contributed by atoms with van der Waals surface area (Å²) >= 11 is 1.86. The first-order valence-corrected chi connectivity index (χ1v) is 22.4. The number of fused-ring (bicyclic) bond motifs is 13. The van der Waals surface area contributed by atoms with Crippen molar-refractivity contribution in [2.45, 2.75) is 0 Å². The third-order valence-electron chi connectivity index (χ3n) is 13.0. The summed E-state index contributed by atoms with van der Waals surface area (Å²) in [5.74, 6) is 0. The summed E-state index contributed by atoms with van der Waals surface area (Å²) in [6.07, 6.45) is 0. The number of hydrogen-bond donors (Lipinski definition) is 0. The highest BCUT2D eigenvalue weighted by Gasteiger charge is 2.22. The topological polar surface area (TPSA) is 44.1 Å². The van der Waals surface area contributed by atoms with E-state index in [-0.39, 0.29) is 0 Å². The lowest BCUT2D eigenvalue weighted by molar-refractivity contribution is 0.668. The maximum absolute atomic E-state index is 6.68. The van der Waals surface area contributed by atoms with Gasteiger partial charge in [0.1, 0.15) is 22.3 Å². The normalized spacial score (nSPS) is 12.1. The van der Waals surface area contributed by atoms with E-state index in [1.165, 1.54) is 42.0 Å². The van der Waals surface area contributed by atoms with Crippen LogP contribution in [0.15, 0.2) is 215 Å². The van der Waals surface area contributed by atoms with E-state index in [1.807, 2.05) is 29.5 Å². The van der Waals surface area contributed by atoms with Crippen LogP contribution in [0.25, 0.3) is 136 Å². The molecule has 0 N–H and O–H groups in total. The molecule has 4 nitrogen and oxygen atoms in total. The van der Waals surface area contributed by atoms with Crippen LogP contribution in [0, 0.1) is 0 Å². The number of para-hydroxylation sites is 3. The Kier molecular flexibility index (Phi) is 7.53. The molecule has 64 heavy (non-hydrogen) atoms. The molecule has 298 valence electrons. The SMILES string of the molecule is c1ccc(-c2cc(-c3ccc4c(c3)oc3ccccc34)cc(-c3cccc4oc5ccc(-c6cccc7c8c9c(ccc8n(-c8ccccc8)c67)sc6ccccc69)cc5c34)n2)cc1. The Balaban J connectivity index is 1.00. The van der Waals surface area contributed by atoms with Crippen LogP contribution in [0.1, 0.15) is 0 Å². The predicted molar refractivity (Wildman–Crippen MR) is 268 cm³/mol. The zero-order valence-corrected chi connectivity index (χ0v) is 35.1. The van der Waals surface area contributed by atoms with Gasteiger partial charge < -0.3 is 13.4 Å². The number of thiophene rings is 1. The van der Waals surface area contributed by atoms with Gasteiger partial charge in [-0.15, -0.1) is 11.3 Å². The first kappa shape index (κ1) is 35.4. The second kappa shape index (κ2) is 13.6. The molecule has 5 heteroatoms. The molecule has 5 heterocycles. The molecule has 9 aromatic carbocycles. The summed E-state index contributed by atoms with van der Waals surface area (Å²) in [7, 11) is 0. The minimum atomic E-state index is 0.824. The van der Waals surface area contributed by atoms with Crippen LogP contribution in [-0.4, -0.2) is 9.55 Å². The van der Waals surface area contributed by atoms with Crippen LogP contribution in [0.2, 0.25) is 0 Å². The number of nitrogens with zero attached hydrogens (tertiary/aromatic N) is 2. The van der Waals surface area contributed by atoms with Crippen LogP contribution in [0.4, 0.5) is 0 Å². The molecule has 0 unspecified atom stereocenters. The van der Waals surface area contributed by atoms with E-state index in [2.05, 4.69) is 193 Å². The molecule has 14 aromatic rings. The number of pyridine rings is 1. The van der Waals surface area contributed by atoms with Gasteiger partial charge in [-0.05, 0) is 95.6 Å². The Morgan fingerprint density at radius 1 is 0.359 bits per heavy atom. The highest BCUT2D eigenvalue weighted by Crippen LogP contribution is 2.47. The van der Waals surface area contributed by atoms with E-state index in [1.54, 1.807) is 0 Å². The summed E-state index contributed by atoms with van der Waals surface area (Å²) in [6, 6.07) is 73.5. The highest BCUT2D eigenvalue weighted by atomic mass is 32.1. The molecule has 5 aromatic heterocycles. The van der Waals surface area contributed by atoms with Crippen LogP contribution in [0.5, 0.6) is 0 Å². The van der Waals surface area contributed by atoms with E-state index in [0.29, 0.717) is 0 Å². The molecular formula is C59H34N2O2S. The minimum absolute atomic E-state index is 0.824. The van der Waals surface area contributed by atoms with E-state index >= 15 is 0 Å². The lowest BCUT2D eigenvalue weighted by Crippen LogP contribution is -1.95. The first-order valence-electron chi connectivity index (χ1n) is 21.6. The fraction of sp³-hybridized carbons (Fsp3) is 0. The van der Waals surface area contributed by atoms with E-state index in [4.69, 9.17) is 13.8 Å². The molecule has 0 fully saturated rings. The van der Waals surface area contributed by atoms with Crippen LogP contribution in [0.3, 0.4) is 0 Å². The Labute approximate surface area is 370 Å². The number of benzene rings is 9. The van der Waals surface area contributed by atoms with E-state index in [0.717, 1.165) is 94.3 Å². The summed E-state index contributed by atoms with van der Waals surface area (Å²) < 4.78 is 18.1. The summed E-state index contributed by atoms with van der Waals surface area (Å²) in [5, 5.41) is 9.45. The van der Waals surface area contributed by atoms with Gasteiger partial charge in [-0.2, -0.15) is 0 Å². The van der Waals surface area contributed by atoms with Crippen LogP contribution >= 0.6 is 11.3 Å². The third-order valence-corrected chi connectivity index (χ3v) is 14.1. The Hall–Kier alpha value is -8.25. The molecule has 0 bridgehead atoms. The van der Waals surface area contributed by atoms with Crippen LogP contribution in [-0.2, 0) is 0 Å². The second-order valence-corrected chi connectivity index (χ2v) is 17.7. The average molecular weight is 835 g/mol. The number of rotatable bonds is 5. The maximum atomic E-state index is 6.68. The molecule has 0 radical (unpaired) electrons. The van der Waals surface area contributed by atoms with Gasteiger partial charge in [0.05, 0.1) is 22.4 Å². The molecule has 0 spiro atoms. The lowest BCUT2D eigenvalue weighted by atomic mass is 9.96. The Bertz CT molecular complexity index is 4190. The van der Waals surface area contributed by atoms with Gasteiger partial charge in [0, 0.05) is 74.9 Å². The van der Waals surface area contributed by atoms with Gasteiger partial charge in [0.15, 0.2) is 0 Å². The molecule has 0 saturated carbocycles. The van der Waals surface area contributed by atoms with E-state index in [9.17, 15) is 0 Å². The zero-order chi connectivity index (χ0) is 41.9. The fourth-order valence-electron chi connectivity index (χ4n) is 10.2. The van der Waals surface area contributed by atoms with Crippen LogP contribution < -0.4 is 0 Å². The first-order chi connectivity index (χ1) is 31.7. The molecule has 0 amide bonds. The Morgan fingerprint density at radius 2 is 1.05 bits per heavy atom. The predicted octanol–water partition coefficient (Wildman–Crippen LogP) is 17.0. The van der Waals surface area contributed by atoms with Crippen molar-refractivity contribution in [2.24, 2.45) is 0 Å². The van der Waals surface area contributed by atoms with Gasteiger partial charge in [-0.25, -0.2) is 4.98 Å². The van der Waals surface area contributed by atoms with Crippen molar-refractivity contribution in [2.75, 3.05) is 0 Å². The van der Waals surface area contributed by atoms with E-state index < -0.39 is 0 Å². The molecule has 0 aliphatic carbocycles. The minimum Gasteiger partial charge on any atom is -0.456 e. The highest BCUT2D eigenvalue weighted by molar-refractivity contribution is 7.26. The fourth-order valence-corrected chi connectivity index (χ4v) is 11.3. The Morgan fingerprint density at radius 3 is 1.95 bits per heavy atom. The zero-order valence-electron chi connectivity index (χ0n) is 34.2. The number of furan rings is 2. The number of aromatic nitrogens is 2. The molecule has 0 aliphatic rings. The summed E-state index contributed by atoms with van der Waals surface area (Å²) in [4.78, 5) is 5.40. The molecule has 14 rings (SSSR count). The summed E-state index contributed by atoms with van der Waals surface area (Å²) in [5.41, 5.74) is 15.2. The number of hydrogen-bond acceptors (Lipinski definition) is 4. The smallest absolute Gasteiger partial charge is 0.136 e. The quantitative estimate of drug-likeness (QED) is 0.173. The monoisotopic (exact) mass is 834 g/mol. The van der Waals surface area contributed by atoms with Gasteiger partial charge in [0.2, 0.25) is 0 Å². The molecule has 0 atom stereocenters. The van der Waals surface area contributed by atoms with Crippen molar-refractivity contribution < 1.29 is 8.83 Å². The van der Waals surface area contributed by atoms with Crippen molar-refractivity contribution in [1.29, 1.82) is 0 Å². The van der Waals surface area contributed by atoms with Crippen molar-refractivity contribution in [3.05, 3.63) is 206 Å². The van der Waals surface area contributed by atoms with Crippen molar-refractivity contribution in [1.82, 2.24) is 9.55 Å². The van der Waals surface area contributed by atoms with Gasteiger partial charge in [-0.1, -0.05) is 127 Å². The lowest BCUT2D eigenvalue weighted by Gasteiger charge is -2.12. The van der Waals surface area contributed by atoms with Gasteiger partial charge in [0.25, 0.3) is 0 Å². The largest absolute Gasteiger partial charge is 0.456 e. The van der Waals surface area contributed by atoms with Gasteiger partial charge in [-0.3, -0.25) is 0 Å². The average Bonchev–Trinajstić information content (AvgIpc) is 4.12. The summed E-state index contributed by atoms with van der Waals surface area (Å²) in [6.45, 7) is 0. The molecule has 0 saturated heterocycles. The van der Waals surface area contributed by atoms with Crippen molar-refractivity contribution in [3.63, 3.8) is 0 Å².